The van der Waals surface area contributed by atoms with Gasteiger partial charge in [0, 0.05) is 47.7 Å². The zero-order valence-electron chi connectivity index (χ0n) is 15.4. The van der Waals surface area contributed by atoms with Crippen LogP contribution in [0.1, 0.15) is 26.8 Å². The second-order valence-corrected chi connectivity index (χ2v) is 7.87. The molecule has 2 aromatic heterocycles. The van der Waals surface area contributed by atoms with Gasteiger partial charge in [-0.25, -0.2) is 0 Å². The number of hydrogen-bond acceptors (Lipinski definition) is 6. The fourth-order valence-electron chi connectivity index (χ4n) is 3.14. The maximum absolute atomic E-state index is 12.7. The zero-order valence-corrected chi connectivity index (χ0v) is 17.0. The van der Waals surface area contributed by atoms with Crippen molar-refractivity contribution >= 4 is 46.9 Å². The van der Waals surface area contributed by atoms with Crippen LogP contribution in [-0.4, -0.2) is 42.0 Å². The van der Waals surface area contributed by atoms with E-state index in [1.165, 1.54) is 0 Å². The van der Waals surface area contributed by atoms with Gasteiger partial charge < -0.3 is 14.2 Å². The van der Waals surface area contributed by atoms with Crippen LogP contribution in [-0.2, 0) is 0 Å². The van der Waals surface area contributed by atoms with Crippen LogP contribution >= 0.6 is 22.9 Å². The molecule has 3 heterocycles. The summed E-state index contributed by atoms with van der Waals surface area (Å²) in [5, 5.41) is 12.0. The van der Waals surface area contributed by atoms with Gasteiger partial charge >= 0.3 is 0 Å². The Balaban J connectivity index is 1.44. The molecule has 1 aliphatic heterocycles. The highest BCUT2D eigenvalue weighted by Crippen LogP contribution is 2.25. The van der Waals surface area contributed by atoms with Crippen molar-refractivity contribution in [1.29, 1.82) is 5.26 Å². The SMILES string of the molecule is N#Cc1nc(/C=C/c2cccs2)oc1N1CCN(C(=O)c2cccc(Cl)c2)CC1. The van der Waals surface area contributed by atoms with Crippen LogP contribution in [0.4, 0.5) is 5.88 Å². The highest BCUT2D eigenvalue weighted by atomic mass is 35.5. The molecule has 0 saturated carbocycles. The summed E-state index contributed by atoms with van der Waals surface area (Å²) in [6, 6.07) is 13.0. The summed E-state index contributed by atoms with van der Waals surface area (Å²) in [5.74, 6) is 0.792. The summed E-state index contributed by atoms with van der Waals surface area (Å²) < 4.78 is 5.83. The molecule has 0 N–H and O–H groups in total. The molecule has 0 unspecified atom stereocenters. The number of benzene rings is 1. The average molecular weight is 425 g/mol. The molecular weight excluding hydrogens is 408 g/mol. The number of rotatable bonds is 4. The van der Waals surface area contributed by atoms with Gasteiger partial charge in [-0.1, -0.05) is 23.7 Å². The monoisotopic (exact) mass is 424 g/mol. The number of aromatic nitrogens is 1. The first kappa shape index (κ1) is 19.2. The highest BCUT2D eigenvalue weighted by molar-refractivity contribution is 7.10. The van der Waals surface area contributed by atoms with Crippen molar-refractivity contribution in [2.45, 2.75) is 0 Å². The summed E-state index contributed by atoms with van der Waals surface area (Å²) >= 11 is 7.60. The summed E-state index contributed by atoms with van der Waals surface area (Å²) in [7, 11) is 0. The number of nitriles is 1. The average Bonchev–Trinajstić information content (AvgIpc) is 3.41. The standard InChI is InChI=1S/C21H17ClN4O2S/c22-16-4-1-3-15(13-16)20(27)25-8-10-26(11-9-25)21-18(14-23)24-19(28-21)7-6-17-5-2-12-29-17/h1-7,12-13H,8-11H2/b7-6+. The molecular formula is C21H17ClN4O2S. The van der Waals surface area contributed by atoms with E-state index >= 15 is 0 Å². The van der Waals surface area contributed by atoms with Crippen molar-refractivity contribution < 1.29 is 9.21 Å². The third kappa shape index (κ3) is 4.34. The molecule has 0 spiro atoms. The van der Waals surface area contributed by atoms with E-state index < -0.39 is 0 Å². The van der Waals surface area contributed by atoms with Crippen LogP contribution in [0.25, 0.3) is 12.2 Å². The number of amides is 1. The number of piperazine rings is 1. The number of oxazole rings is 1. The first-order valence-corrected chi connectivity index (χ1v) is 10.3. The predicted octanol–water partition coefficient (Wildman–Crippen LogP) is 4.39. The maximum Gasteiger partial charge on any atom is 0.254 e. The fourth-order valence-corrected chi connectivity index (χ4v) is 3.95. The Morgan fingerprint density at radius 3 is 2.72 bits per heavy atom. The van der Waals surface area contributed by atoms with E-state index in [1.807, 2.05) is 28.5 Å². The lowest BCUT2D eigenvalue weighted by Crippen LogP contribution is -2.48. The lowest BCUT2D eigenvalue weighted by atomic mass is 10.2. The van der Waals surface area contributed by atoms with Gasteiger partial charge in [-0.15, -0.1) is 11.3 Å². The van der Waals surface area contributed by atoms with Crippen molar-refractivity contribution in [3.05, 3.63) is 68.8 Å². The van der Waals surface area contributed by atoms with Crippen molar-refractivity contribution in [3.8, 4) is 6.07 Å². The van der Waals surface area contributed by atoms with Crippen molar-refractivity contribution in [1.82, 2.24) is 9.88 Å². The number of carbonyl (C=O) groups excluding carboxylic acids is 1. The lowest BCUT2D eigenvalue weighted by Gasteiger charge is -2.34. The number of nitrogens with zero attached hydrogens (tertiary/aromatic N) is 4. The molecule has 1 amide bonds. The van der Waals surface area contributed by atoms with E-state index in [2.05, 4.69) is 11.1 Å². The first-order valence-electron chi connectivity index (χ1n) is 9.06. The molecule has 29 heavy (non-hydrogen) atoms. The summed E-state index contributed by atoms with van der Waals surface area (Å²) in [5.41, 5.74) is 0.828. The lowest BCUT2D eigenvalue weighted by molar-refractivity contribution is 0.0745. The Hall–Kier alpha value is -3.08. The second kappa shape index (κ2) is 8.52. The molecule has 0 aliphatic carbocycles. The van der Waals surface area contributed by atoms with Gasteiger partial charge in [0.1, 0.15) is 6.07 Å². The summed E-state index contributed by atoms with van der Waals surface area (Å²) in [6.07, 6.45) is 3.66. The molecule has 0 radical (unpaired) electrons. The van der Waals surface area contributed by atoms with Gasteiger partial charge in [-0.2, -0.15) is 10.2 Å². The number of halogens is 1. The Kier molecular flexibility index (Phi) is 5.65. The van der Waals surface area contributed by atoms with Crippen LogP contribution in [0.2, 0.25) is 5.02 Å². The van der Waals surface area contributed by atoms with Gasteiger partial charge in [0.05, 0.1) is 0 Å². The molecule has 1 saturated heterocycles. The normalized spacial score (nSPS) is 14.3. The zero-order chi connectivity index (χ0) is 20.2. The predicted molar refractivity (Wildman–Crippen MR) is 114 cm³/mol. The van der Waals surface area contributed by atoms with Crippen LogP contribution in [0, 0.1) is 11.3 Å². The minimum atomic E-state index is -0.0511. The minimum absolute atomic E-state index is 0.0511. The largest absolute Gasteiger partial charge is 0.420 e. The fraction of sp³-hybridized carbons (Fsp3) is 0.190. The van der Waals surface area contributed by atoms with E-state index in [0.717, 1.165) is 4.88 Å². The number of thiophene rings is 1. The Bertz CT molecular complexity index is 1080. The van der Waals surface area contributed by atoms with Gasteiger partial charge in [-0.3, -0.25) is 4.79 Å². The summed E-state index contributed by atoms with van der Waals surface area (Å²) in [6.45, 7) is 2.17. The van der Waals surface area contributed by atoms with E-state index in [1.54, 1.807) is 46.6 Å². The number of anilines is 1. The van der Waals surface area contributed by atoms with Crippen molar-refractivity contribution in [2.75, 3.05) is 31.1 Å². The Morgan fingerprint density at radius 2 is 2.03 bits per heavy atom. The molecule has 0 atom stereocenters. The molecule has 1 fully saturated rings. The molecule has 146 valence electrons. The van der Waals surface area contributed by atoms with Crippen LogP contribution in [0.5, 0.6) is 0 Å². The van der Waals surface area contributed by atoms with Crippen LogP contribution < -0.4 is 4.90 Å². The molecule has 1 aliphatic rings. The highest BCUT2D eigenvalue weighted by Gasteiger charge is 2.26. The molecule has 0 bridgehead atoms. The van der Waals surface area contributed by atoms with Gasteiger partial charge in [0.15, 0.2) is 0 Å². The molecule has 4 rings (SSSR count). The Labute approximate surface area is 177 Å². The van der Waals surface area contributed by atoms with Gasteiger partial charge in [0.2, 0.25) is 17.5 Å². The smallest absolute Gasteiger partial charge is 0.254 e. The van der Waals surface area contributed by atoms with Crippen LogP contribution in [0.3, 0.4) is 0 Å². The van der Waals surface area contributed by atoms with Gasteiger partial charge in [0.25, 0.3) is 5.91 Å². The van der Waals surface area contributed by atoms with E-state index in [0.29, 0.717) is 48.5 Å². The molecule has 3 aromatic rings. The van der Waals surface area contributed by atoms with Crippen molar-refractivity contribution in [3.63, 3.8) is 0 Å². The van der Waals surface area contributed by atoms with E-state index in [9.17, 15) is 10.1 Å². The van der Waals surface area contributed by atoms with E-state index in [4.69, 9.17) is 16.0 Å². The topological polar surface area (TPSA) is 73.4 Å². The Morgan fingerprint density at radius 1 is 1.21 bits per heavy atom. The third-order valence-electron chi connectivity index (χ3n) is 4.59. The number of carbonyl (C=O) groups is 1. The quantitative estimate of drug-likeness (QED) is 0.620. The van der Waals surface area contributed by atoms with Gasteiger partial charge in [-0.05, 0) is 35.7 Å². The third-order valence-corrected chi connectivity index (χ3v) is 5.66. The van der Waals surface area contributed by atoms with Crippen molar-refractivity contribution in [2.24, 2.45) is 0 Å². The van der Waals surface area contributed by atoms with E-state index in [-0.39, 0.29) is 11.6 Å². The first-order chi connectivity index (χ1) is 14.1. The number of hydrogen-bond donors (Lipinski definition) is 0. The summed E-state index contributed by atoms with van der Waals surface area (Å²) in [4.78, 5) is 21.8. The van der Waals surface area contributed by atoms with Crippen LogP contribution in [0.15, 0.2) is 46.2 Å². The maximum atomic E-state index is 12.7. The molecule has 6 nitrogen and oxygen atoms in total. The molecule has 1 aromatic carbocycles. The molecule has 8 heteroatoms. The minimum Gasteiger partial charge on any atom is -0.420 e. The second-order valence-electron chi connectivity index (χ2n) is 6.46.